The smallest absolute Gasteiger partial charge is 0.329 e. The maximum absolute atomic E-state index is 11.2. The van der Waals surface area contributed by atoms with Crippen LogP contribution in [0.25, 0.3) is 0 Å². The van der Waals surface area contributed by atoms with E-state index >= 15 is 0 Å². The summed E-state index contributed by atoms with van der Waals surface area (Å²) in [6.45, 7) is 1.52. The molecular formula is C9H18NO6P. The molecule has 0 spiro atoms. The third kappa shape index (κ3) is 8.06. The Hall–Kier alpha value is -0.720. The van der Waals surface area contributed by atoms with Crippen LogP contribution in [0.3, 0.4) is 0 Å². The van der Waals surface area contributed by atoms with Gasteiger partial charge >= 0.3 is 13.6 Å². The minimum absolute atomic E-state index is 0.0538. The predicted octanol–water partition coefficient (Wildman–Crippen LogP) is -0.637. The van der Waals surface area contributed by atoms with Crippen molar-refractivity contribution < 1.29 is 29.0 Å². The molecule has 0 aromatic rings. The van der Waals surface area contributed by atoms with E-state index in [9.17, 15) is 9.36 Å². The molecule has 0 saturated heterocycles. The molecule has 0 bridgehead atoms. The molecule has 0 aliphatic carbocycles. The first-order chi connectivity index (χ1) is 7.80. The van der Waals surface area contributed by atoms with Gasteiger partial charge in [0.2, 0.25) is 0 Å². The van der Waals surface area contributed by atoms with Gasteiger partial charge in [0.1, 0.15) is 6.04 Å². The second-order valence-electron chi connectivity index (χ2n) is 3.40. The van der Waals surface area contributed by atoms with Crippen molar-refractivity contribution in [3.8, 4) is 0 Å². The average molecular weight is 267 g/mol. The summed E-state index contributed by atoms with van der Waals surface area (Å²) in [4.78, 5) is 28.8. The molecule has 0 rings (SSSR count). The molecular weight excluding hydrogens is 249 g/mol. The number of ether oxygens (including phenoxy) is 1. The Morgan fingerprint density at radius 3 is 2.53 bits per heavy atom. The first-order valence-electron chi connectivity index (χ1n) is 5.07. The molecule has 0 saturated carbocycles. The quantitative estimate of drug-likeness (QED) is 0.274. The van der Waals surface area contributed by atoms with Crippen molar-refractivity contribution in [1.82, 2.24) is 0 Å². The van der Waals surface area contributed by atoms with Crippen LogP contribution in [0.4, 0.5) is 0 Å². The Morgan fingerprint density at radius 2 is 2.12 bits per heavy atom. The first-order valence-corrected chi connectivity index (χ1v) is 6.87. The highest BCUT2D eigenvalue weighted by atomic mass is 31.2. The highest BCUT2D eigenvalue weighted by Gasteiger charge is 2.19. The molecule has 0 radical (unpaired) electrons. The fourth-order valence-corrected chi connectivity index (χ4v) is 1.98. The van der Waals surface area contributed by atoms with Crippen LogP contribution >= 0.6 is 7.60 Å². The minimum Gasteiger partial charge on any atom is -0.465 e. The number of hydrogen-bond donors (Lipinski definition) is 4. The molecule has 0 aliphatic rings. The Kier molecular flexibility index (Phi) is 7.26. The molecule has 5 N–H and O–H groups in total. The molecule has 1 atom stereocenters. The number of hydrogen-bond acceptors (Lipinski definition) is 5. The van der Waals surface area contributed by atoms with Gasteiger partial charge in [-0.25, -0.2) is 0 Å². The Labute approximate surface area is 99.4 Å². The zero-order valence-corrected chi connectivity index (χ0v) is 10.5. The zero-order chi connectivity index (χ0) is 13.5. The number of aliphatic hydroxyl groups is 1. The van der Waals surface area contributed by atoms with Gasteiger partial charge in [0.05, 0.1) is 12.8 Å². The SMILES string of the molecule is CCOC(=O)C(N)/C=C(\CCO)CP(=O)(O)O. The van der Waals surface area contributed by atoms with Crippen LogP contribution in [0.15, 0.2) is 11.6 Å². The number of nitrogens with two attached hydrogens (primary N) is 1. The molecule has 0 amide bonds. The van der Waals surface area contributed by atoms with Gasteiger partial charge in [0.25, 0.3) is 0 Å². The summed E-state index contributed by atoms with van der Waals surface area (Å²) in [6.07, 6.45) is 0.742. The molecule has 17 heavy (non-hydrogen) atoms. The lowest BCUT2D eigenvalue weighted by atomic mass is 10.1. The number of rotatable bonds is 7. The van der Waals surface area contributed by atoms with Gasteiger partial charge in [-0.2, -0.15) is 0 Å². The van der Waals surface area contributed by atoms with Crippen LogP contribution in [0.1, 0.15) is 13.3 Å². The van der Waals surface area contributed by atoms with Crippen molar-refractivity contribution in [3.05, 3.63) is 11.6 Å². The summed E-state index contributed by atoms with van der Waals surface area (Å²) in [5.74, 6) is -0.673. The van der Waals surface area contributed by atoms with Gasteiger partial charge in [-0.15, -0.1) is 0 Å². The van der Waals surface area contributed by atoms with E-state index in [4.69, 9.17) is 20.6 Å². The fraction of sp³-hybridized carbons (Fsp3) is 0.667. The van der Waals surface area contributed by atoms with E-state index in [1.807, 2.05) is 0 Å². The van der Waals surface area contributed by atoms with E-state index in [-0.39, 0.29) is 25.2 Å². The maximum atomic E-state index is 11.2. The van der Waals surface area contributed by atoms with Crippen molar-refractivity contribution in [1.29, 1.82) is 0 Å². The van der Waals surface area contributed by atoms with E-state index in [0.29, 0.717) is 0 Å². The second kappa shape index (κ2) is 7.58. The standard InChI is InChI=1S/C9H18NO6P/c1-2-16-9(12)8(10)5-7(3-4-11)6-17(13,14)15/h5,8,11H,2-4,6,10H2,1H3,(H2,13,14,15)/b7-5+. The van der Waals surface area contributed by atoms with Gasteiger partial charge in [-0.05, 0) is 13.3 Å². The molecule has 0 heterocycles. The third-order valence-electron chi connectivity index (χ3n) is 1.82. The van der Waals surface area contributed by atoms with Crippen LogP contribution in [-0.4, -0.2) is 46.3 Å². The predicted molar refractivity (Wildman–Crippen MR) is 61.3 cm³/mol. The van der Waals surface area contributed by atoms with Gasteiger partial charge in [-0.3, -0.25) is 9.36 Å². The molecule has 8 heteroatoms. The van der Waals surface area contributed by atoms with Gasteiger partial charge in [-0.1, -0.05) is 11.6 Å². The summed E-state index contributed by atoms with van der Waals surface area (Å²) >= 11 is 0. The molecule has 0 fully saturated rings. The highest BCUT2D eigenvalue weighted by Crippen LogP contribution is 2.37. The zero-order valence-electron chi connectivity index (χ0n) is 9.57. The molecule has 0 aromatic carbocycles. The van der Waals surface area contributed by atoms with Crippen molar-refractivity contribution in [2.75, 3.05) is 19.4 Å². The van der Waals surface area contributed by atoms with E-state index in [1.54, 1.807) is 6.92 Å². The molecule has 7 nitrogen and oxygen atoms in total. The second-order valence-corrected chi connectivity index (χ2v) is 5.04. The van der Waals surface area contributed by atoms with Crippen LogP contribution in [0, 0.1) is 0 Å². The largest absolute Gasteiger partial charge is 0.465 e. The van der Waals surface area contributed by atoms with Gasteiger partial charge in [0.15, 0.2) is 0 Å². The van der Waals surface area contributed by atoms with Gasteiger partial charge in [0, 0.05) is 6.61 Å². The lowest BCUT2D eigenvalue weighted by Gasteiger charge is -2.11. The highest BCUT2D eigenvalue weighted by molar-refractivity contribution is 7.52. The van der Waals surface area contributed by atoms with Crippen LogP contribution in [0.5, 0.6) is 0 Å². The Balaban J connectivity index is 4.68. The monoisotopic (exact) mass is 267 g/mol. The minimum atomic E-state index is -4.24. The van der Waals surface area contributed by atoms with Crippen LogP contribution in [0.2, 0.25) is 0 Å². The molecule has 100 valence electrons. The maximum Gasteiger partial charge on any atom is 0.329 e. The van der Waals surface area contributed by atoms with Crippen molar-refractivity contribution in [3.63, 3.8) is 0 Å². The lowest BCUT2D eigenvalue weighted by molar-refractivity contribution is -0.143. The van der Waals surface area contributed by atoms with Crippen molar-refractivity contribution in [2.45, 2.75) is 19.4 Å². The Morgan fingerprint density at radius 1 is 1.53 bits per heavy atom. The van der Waals surface area contributed by atoms with E-state index in [1.165, 1.54) is 6.08 Å². The average Bonchev–Trinajstić information content (AvgIpc) is 2.15. The summed E-state index contributed by atoms with van der Waals surface area (Å²) in [6, 6.07) is -1.08. The van der Waals surface area contributed by atoms with E-state index in [0.717, 1.165) is 0 Å². The molecule has 0 aromatic heterocycles. The van der Waals surface area contributed by atoms with Crippen molar-refractivity contribution >= 4 is 13.6 Å². The third-order valence-corrected chi connectivity index (χ3v) is 2.63. The normalized spacial score (nSPS) is 14.5. The number of carbonyl (C=O) groups excluding carboxylic acids is 1. The lowest BCUT2D eigenvalue weighted by Crippen LogP contribution is -2.30. The van der Waals surface area contributed by atoms with Crippen LogP contribution < -0.4 is 5.73 Å². The van der Waals surface area contributed by atoms with E-state index in [2.05, 4.69) is 4.74 Å². The fourth-order valence-electron chi connectivity index (χ4n) is 1.18. The summed E-state index contributed by atoms with van der Waals surface area (Å²) < 4.78 is 15.5. The van der Waals surface area contributed by atoms with Gasteiger partial charge < -0.3 is 25.4 Å². The number of carbonyl (C=O) groups is 1. The summed E-state index contributed by atoms with van der Waals surface area (Å²) in [5.41, 5.74) is 5.71. The van der Waals surface area contributed by atoms with E-state index < -0.39 is 25.8 Å². The Bertz CT molecular complexity index is 323. The topological polar surface area (TPSA) is 130 Å². The molecule has 0 aliphatic heterocycles. The summed E-state index contributed by atoms with van der Waals surface area (Å²) in [7, 11) is -4.24. The summed E-state index contributed by atoms with van der Waals surface area (Å²) in [5, 5.41) is 8.74. The van der Waals surface area contributed by atoms with Crippen LogP contribution in [-0.2, 0) is 14.1 Å². The number of aliphatic hydroxyl groups excluding tert-OH is 1. The number of esters is 1. The molecule has 1 unspecified atom stereocenters. The van der Waals surface area contributed by atoms with Crippen molar-refractivity contribution in [2.24, 2.45) is 5.73 Å². The first kappa shape index (κ1) is 16.3.